The number of aldehydes is 1. The highest BCUT2D eigenvalue weighted by Gasteiger charge is 2.36. The van der Waals surface area contributed by atoms with Gasteiger partial charge in [-0.05, 0) is 17.5 Å². The summed E-state index contributed by atoms with van der Waals surface area (Å²) in [6, 6.07) is 17.4. The number of aliphatic hydroxyl groups excluding tert-OH is 1. The molecule has 2 atom stereocenters. The Morgan fingerprint density at radius 2 is 1.65 bits per heavy atom. The van der Waals surface area contributed by atoms with Crippen LogP contribution in [0.25, 0.3) is 0 Å². The zero-order chi connectivity index (χ0) is 13.9. The third-order valence-electron chi connectivity index (χ3n) is 3.89. The van der Waals surface area contributed by atoms with Crippen molar-refractivity contribution < 1.29 is 9.90 Å². The smallest absolute Gasteiger partial charge is 0.141 e. The number of benzene rings is 2. The zero-order valence-electron chi connectivity index (χ0n) is 11.1. The van der Waals surface area contributed by atoms with E-state index in [1.54, 1.807) is 0 Å². The minimum Gasteiger partial charge on any atom is -0.374 e. The predicted octanol–water partition coefficient (Wildman–Crippen LogP) is 2.48. The molecule has 20 heavy (non-hydrogen) atoms. The predicted molar refractivity (Wildman–Crippen MR) is 77.1 cm³/mol. The summed E-state index contributed by atoms with van der Waals surface area (Å²) < 4.78 is 0. The Balaban J connectivity index is 1.79. The SMILES string of the molecule is O=CC1c2ccccc2C(O)N1CCc1ccccc1. The van der Waals surface area contributed by atoms with Crippen molar-refractivity contribution >= 4 is 6.29 Å². The van der Waals surface area contributed by atoms with Crippen LogP contribution in [0.5, 0.6) is 0 Å². The highest BCUT2D eigenvalue weighted by Crippen LogP contribution is 2.39. The summed E-state index contributed by atoms with van der Waals surface area (Å²) in [6.07, 6.45) is 1.04. The average Bonchev–Trinajstić information content (AvgIpc) is 2.78. The molecule has 0 spiro atoms. The summed E-state index contributed by atoms with van der Waals surface area (Å²) in [6.45, 7) is 0.656. The van der Waals surface area contributed by atoms with Gasteiger partial charge in [-0.15, -0.1) is 0 Å². The second kappa shape index (κ2) is 5.57. The van der Waals surface area contributed by atoms with Crippen LogP contribution in [-0.4, -0.2) is 22.8 Å². The highest BCUT2D eigenvalue weighted by atomic mass is 16.3. The third-order valence-corrected chi connectivity index (χ3v) is 3.89. The summed E-state index contributed by atoms with van der Waals surface area (Å²) in [7, 11) is 0. The molecule has 0 aromatic heterocycles. The maximum atomic E-state index is 11.4. The van der Waals surface area contributed by atoms with Gasteiger partial charge in [0, 0.05) is 12.1 Å². The van der Waals surface area contributed by atoms with Gasteiger partial charge in [-0.25, -0.2) is 0 Å². The van der Waals surface area contributed by atoms with Crippen LogP contribution in [-0.2, 0) is 11.2 Å². The first-order valence-corrected chi connectivity index (χ1v) is 6.83. The fraction of sp³-hybridized carbons (Fsp3) is 0.235. The highest BCUT2D eigenvalue weighted by molar-refractivity contribution is 5.65. The molecule has 1 N–H and O–H groups in total. The lowest BCUT2D eigenvalue weighted by atomic mass is 10.1. The Kier molecular flexibility index (Phi) is 3.63. The number of carbonyl (C=O) groups excluding carboxylic acids is 1. The molecule has 3 rings (SSSR count). The van der Waals surface area contributed by atoms with E-state index >= 15 is 0 Å². The largest absolute Gasteiger partial charge is 0.374 e. The number of carbonyl (C=O) groups is 1. The van der Waals surface area contributed by atoms with Gasteiger partial charge in [-0.3, -0.25) is 4.90 Å². The summed E-state index contributed by atoms with van der Waals surface area (Å²) >= 11 is 0. The van der Waals surface area contributed by atoms with Crippen molar-refractivity contribution in [3.63, 3.8) is 0 Å². The lowest BCUT2D eigenvalue weighted by Crippen LogP contribution is -2.29. The summed E-state index contributed by atoms with van der Waals surface area (Å²) in [5.74, 6) is 0. The fourth-order valence-corrected chi connectivity index (χ4v) is 2.84. The number of nitrogens with zero attached hydrogens (tertiary/aromatic N) is 1. The van der Waals surface area contributed by atoms with Gasteiger partial charge in [-0.1, -0.05) is 54.6 Å². The van der Waals surface area contributed by atoms with Gasteiger partial charge in [-0.2, -0.15) is 0 Å². The quantitative estimate of drug-likeness (QED) is 0.865. The molecule has 0 fully saturated rings. The van der Waals surface area contributed by atoms with Crippen molar-refractivity contribution in [3.05, 3.63) is 71.3 Å². The Bertz CT molecular complexity index is 597. The summed E-state index contributed by atoms with van der Waals surface area (Å²) in [4.78, 5) is 13.2. The maximum absolute atomic E-state index is 11.4. The van der Waals surface area contributed by atoms with E-state index in [-0.39, 0.29) is 6.04 Å². The van der Waals surface area contributed by atoms with Crippen LogP contribution >= 0.6 is 0 Å². The van der Waals surface area contributed by atoms with Gasteiger partial charge < -0.3 is 9.90 Å². The molecule has 0 bridgehead atoms. The second-order valence-electron chi connectivity index (χ2n) is 5.06. The summed E-state index contributed by atoms with van der Waals surface area (Å²) in [5.41, 5.74) is 2.97. The van der Waals surface area contributed by atoms with Crippen LogP contribution in [0.15, 0.2) is 54.6 Å². The molecule has 3 nitrogen and oxygen atoms in total. The Hall–Kier alpha value is -1.97. The lowest BCUT2D eigenvalue weighted by Gasteiger charge is -2.24. The van der Waals surface area contributed by atoms with E-state index in [0.29, 0.717) is 6.54 Å². The third kappa shape index (κ3) is 2.26. The van der Waals surface area contributed by atoms with Crippen LogP contribution in [0.3, 0.4) is 0 Å². The monoisotopic (exact) mass is 267 g/mol. The molecule has 0 saturated heterocycles. The van der Waals surface area contributed by atoms with Crippen molar-refractivity contribution in [3.8, 4) is 0 Å². The van der Waals surface area contributed by atoms with E-state index < -0.39 is 6.23 Å². The van der Waals surface area contributed by atoms with E-state index in [9.17, 15) is 9.90 Å². The van der Waals surface area contributed by atoms with E-state index in [1.807, 2.05) is 47.4 Å². The molecule has 1 aliphatic heterocycles. The first-order valence-electron chi connectivity index (χ1n) is 6.83. The Labute approximate surface area is 118 Å². The van der Waals surface area contributed by atoms with Crippen LogP contribution in [0.2, 0.25) is 0 Å². The number of fused-ring (bicyclic) bond motifs is 1. The van der Waals surface area contributed by atoms with Crippen molar-refractivity contribution in [2.24, 2.45) is 0 Å². The zero-order valence-corrected chi connectivity index (χ0v) is 11.1. The number of rotatable bonds is 4. The number of aliphatic hydroxyl groups is 1. The van der Waals surface area contributed by atoms with Crippen LogP contribution in [0, 0.1) is 0 Å². The van der Waals surface area contributed by atoms with Crippen molar-refractivity contribution in [2.75, 3.05) is 6.54 Å². The van der Waals surface area contributed by atoms with Crippen molar-refractivity contribution in [1.29, 1.82) is 0 Å². The summed E-state index contributed by atoms with van der Waals surface area (Å²) in [5, 5.41) is 10.4. The van der Waals surface area contributed by atoms with Crippen molar-refractivity contribution in [2.45, 2.75) is 18.7 Å². The first kappa shape index (κ1) is 13.0. The van der Waals surface area contributed by atoms with Gasteiger partial charge in [0.2, 0.25) is 0 Å². The number of hydrogen-bond acceptors (Lipinski definition) is 3. The molecule has 3 heteroatoms. The normalized spacial score (nSPS) is 21.6. The average molecular weight is 267 g/mol. The van der Waals surface area contributed by atoms with Gasteiger partial charge in [0.05, 0.1) is 6.04 Å². The molecular weight excluding hydrogens is 250 g/mol. The molecule has 1 heterocycles. The molecule has 0 amide bonds. The molecule has 1 aliphatic rings. The van der Waals surface area contributed by atoms with Crippen molar-refractivity contribution in [1.82, 2.24) is 4.90 Å². The van der Waals surface area contributed by atoms with Gasteiger partial charge in [0.1, 0.15) is 12.5 Å². The van der Waals surface area contributed by atoms with Crippen LogP contribution < -0.4 is 0 Å². The maximum Gasteiger partial charge on any atom is 0.141 e. The van der Waals surface area contributed by atoms with Gasteiger partial charge in [0.25, 0.3) is 0 Å². The first-order chi connectivity index (χ1) is 9.81. The van der Waals surface area contributed by atoms with Gasteiger partial charge in [0.15, 0.2) is 0 Å². The fourth-order valence-electron chi connectivity index (χ4n) is 2.84. The Morgan fingerprint density at radius 3 is 2.35 bits per heavy atom. The van der Waals surface area contributed by atoms with E-state index in [1.165, 1.54) is 5.56 Å². The molecule has 0 saturated carbocycles. The van der Waals surface area contributed by atoms with E-state index in [0.717, 1.165) is 23.8 Å². The minimum absolute atomic E-state index is 0.343. The molecule has 2 aromatic carbocycles. The van der Waals surface area contributed by atoms with Crippen LogP contribution in [0.1, 0.15) is 29.0 Å². The molecular formula is C17H17NO2. The molecule has 0 aliphatic carbocycles. The molecule has 2 aromatic rings. The molecule has 0 radical (unpaired) electrons. The lowest BCUT2D eigenvalue weighted by molar-refractivity contribution is -0.116. The van der Waals surface area contributed by atoms with Crippen LogP contribution in [0.4, 0.5) is 0 Å². The minimum atomic E-state index is -0.690. The molecule has 102 valence electrons. The topological polar surface area (TPSA) is 40.5 Å². The standard InChI is InChI=1S/C17H17NO2/c19-12-16-14-8-4-5-9-15(14)17(20)18(16)11-10-13-6-2-1-3-7-13/h1-9,12,16-17,20H,10-11H2. The molecule has 2 unspecified atom stereocenters. The second-order valence-corrected chi connectivity index (χ2v) is 5.06. The van der Waals surface area contributed by atoms with Gasteiger partial charge >= 0.3 is 0 Å². The number of hydrogen-bond donors (Lipinski definition) is 1. The van der Waals surface area contributed by atoms with E-state index in [4.69, 9.17) is 0 Å². The van der Waals surface area contributed by atoms with E-state index in [2.05, 4.69) is 12.1 Å². The Morgan fingerprint density at radius 1 is 1.00 bits per heavy atom.